The van der Waals surface area contributed by atoms with Crippen LogP contribution >= 0.6 is 0 Å². The number of benzene rings is 4. The fourth-order valence-electron chi connectivity index (χ4n) is 7.18. The summed E-state index contributed by atoms with van der Waals surface area (Å²) in [6.45, 7) is 12.1. The Morgan fingerprint density at radius 3 is 2.16 bits per heavy atom. The fourth-order valence-corrected chi connectivity index (χ4v) is 7.18. The van der Waals surface area contributed by atoms with Crippen molar-refractivity contribution >= 4 is 22.1 Å². The van der Waals surface area contributed by atoms with Crippen molar-refractivity contribution in [1.29, 1.82) is 0 Å². The van der Waals surface area contributed by atoms with Gasteiger partial charge < -0.3 is 14.5 Å². The van der Waals surface area contributed by atoms with Gasteiger partial charge in [-0.15, -0.1) is 0 Å². The molecular weight excluding hydrogens is 452 g/mol. The third-order valence-electron chi connectivity index (χ3n) is 9.02. The Hall–Kier alpha value is -3.46. The van der Waals surface area contributed by atoms with E-state index in [4.69, 9.17) is 4.74 Å². The highest BCUT2D eigenvalue weighted by Gasteiger charge is 2.34. The zero-order valence-electron chi connectivity index (χ0n) is 22.5. The highest BCUT2D eigenvalue weighted by atomic mass is 16.5. The van der Waals surface area contributed by atoms with Gasteiger partial charge in [-0.2, -0.15) is 0 Å². The minimum absolute atomic E-state index is 0.344. The zero-order valence-corrected chi connectivity index (χ0v) is 22.5. The molecule has 0 radical (unpaired) electrons. The van der Waals surface area contributed by atoms with Crippen LogP contribution in [0.5, 0.6) is 5.75 Å². The van der Waals surface area contributed by atoms with Gasteiger partial charge in [-0.25, -0.2) is 0 Å². The molecule has 0 spiro atoms. The Morgan fingerprint density at radius 2 is 1.38 bits per heavy atom. The van der Waals surface area contributed by atoms with Crippen LogP contribution in [-0.2, 0) is 13.1 Å². The molecule has 1 fully saturated rings. The van der Waals surface area contributed by atoms with Gasteiger partial charge in [-0.1, -0.05) is 42.5 Å². The first-order valence-electron chi connectivity index (χ1n) is 13.9. The lowest BCUT2D eigenvalue weighted by molar-refractivity contribution is 0.213. The minimum atomic E-state index is 0.344. The predicted molar refractivity (Wildman–Crippen MR) is 155 cm³/mol. The first kappa shape index (κ1) is 22.7. The molecule has 0 saturated heterocycles. The zero-order chi connectivity index (χ0) is 25.3. The molecule has 4 aromatic carbocycles. The Balaban J connectivity index is 1.38. The van der Waals surface area contributed by atoms with Crippen molar-refractivity contribution in [3.63, 3.8) is 0 Å². The summed E-state index contributed by atoms with van der Waals surface area (Å²) in [5.74, 6) is 1.04. The van der Waals surface area contributed by atoms with Crippen LogP contribution in [0.15, 0.2) is 54.6 Å². The van der Waals surface area contributed by atoms with E-state index in [-0.39, 0.29) is 0 Å². The molecule has 3 aliphatic rings. The van der Waals surface area contributed by atoms with Crippen molar-refractivity contribution in [2.24, 2.45) is 0 Å². The molecule has 2 heterocycles. The summed E-state index contributed by atoms with van der Waals surface area (Å²) in [5, 5.41) is 2.51. The van der Waals surface area contributed by atoms with Gasteiger partial charge in [0.15, 0.2) is 0 Å². The van der Waals surface area contributed by atoms with E-state index in [1.807, 2.05) is 0 Å². The van der Waals surface area contributed by atoms with Crippen molar-refractivity contribution in [3.8, 4) is 16.9 Å². The van der Waals surface area contributed by atoms with Crippen LogP contribution < -0.4 is 14.5 Å². The maximum Gasteiger partial charge on any atom is 0.128 e. The lowest BCUT2D eigenvalue weighted by Crippen LogP contribution is -2.47. The molecule has 0 amide bonds. The van der Waals surface area contributed by atoms with E-state index in [1.54, 1.807) is 0 Å². The molecule has 0 unspecified atom stereocenters. The van der Waals surface area contributed by atoms with E-state index < -0.39 is 0 Å². The molecule has 2 bridgehead atoms. The molecule has 1 aliphatic carbocycles. The van der Waals surface area contributed by atoms with Gasteiger partial charge in [0.25, 0.3) is 0 Å². The van der Waals surface area contributed by atoms with Crippen molar-refractivity contribution in [3.05, 3.63) is 88.0 Å². The van der Waals surface area contributed by atoms with Crippen LogP contribution in [-0.4, -0.2) is 12.8 Å². The Morgan fingerprint density at radius 1 is 0.703 bits per heavy atom. The third kappa shape index (κ3) is 3.54. The molecule has 0 atom stereocenters. The van der Waals surface area contributed by atoms with Crippen LogP contribution in [0.25, 0.3) is 21.9 Å². The quantitative estimate of drug-likeness (QED) is 0.288. The summed E-state index contributed by atoms with van der Waals surface area (Å²) in [5.41, 5.74) is 14.0. The highest BCUT2D eigenvalue weighted by molar-refractivity contribution is 6.02. The first-order valence-corrected chi connectivity index (χ1v) is 13.9. The number of hydrogen-bond donors (Lipinski definition) is 0. The molecule has 3 nitrogen and oxygen atoms in total. The Bertz CT molecular complexity index is 1540. The molecule has 37 heavy (non-hydrogen) atoms. The summed E-state index contributed by atoms with van der Waals surface area (Å²) >= 11 is 0. The lowest BCUT2D eigenvalue weighted by Gasteiger charge is -2.47. The van der Waals surface area contributed by atoms with Gasteiger partial charge >= 0.3 is 0 Å². The maximum atomic E-state index is 6.64. The molecule has 188 valence electrons. The second kappa shape index (κ2) is 8.55. The second-order valence-corrected chi connectivity index (χ2v) is 11.4. The van der Waals surface area contributed by atoms with Crippen LogP contribution in [0.4, 0.5) is 11.4 Å². The molecule has 1 saturated carbocycles. The highest BCUT2D eigenvalue weighted by Crippen LogP contribution is 2.47. The summed E-state index contributed by atoms with van der Waals surface area (Å²) < 4.78 is 6.64. The van der Waals surface area contributed by atoms with Gasteiger partial charge in [-0.05, 0) is 115 Å². The SMILES string of the molecule is Cc1ccc(C)c2c1CN1CN2Cc2c(C)c(-c3cccc4cccc(OC5CCCC5)c34)cc(C)c21. The monoisotopic (exact) mass is 488 g/mol. The predicted octanol–water partition coefficient (Wildman–Crippen LogP) is 8.36. The largest absolute Gasteiger partial charge is 0.490 e. The Kier molecular flexibility index (Phi) is 5.25. The normalized spacial score (nSPS) is 16.8. The fraction of sp³-hybridized carbons (Fsp3) is 0.353. The van der Waals surface area contributed by atoms with E-state index in [9.17, 15) is 0 Å². The van der Waals surface area contributed by atoms with Crippen LogP contribution in [0.1, 0.15) is 59.1 Å². The summed E-state index contributed by atoms with van der Waals surface area (Å²) in [7, 11) is 0. The minimum Gasteiger partial charge on any atom is -0.490 e. The van der Waals surface area contributed by atoms with E-state index in [2.05, 4.69) is 92.1 Å². The van der Waals surface area contributed by atoms with Gasteiger partial charge in [0.2, 0.25) is 0 Å². The van der Waals surface area contributed by atoms with Gasteiger partial charge in [0.05, 0.1) is 12.8 Å². The molecule has 0 N–H and O–H groups in total. The van der Waals surface area contributed by atoms with Crippen molar-refractivity contribution < 1.29 is 4.74 Å². The van der Waals surface area contributed by atoms with Crippen LogP contribution in [0.2, 0.25) is 0 Å². The van der Waals surface area contributed by atoms with Gasteiger partial charge in [-0.3, -0.25) is 0 Å². The van der Waals surface area contributed by atoms with Crippen LogP contribution in [0, 0.1) is 27.7 Å². The number of anilines is 2. The summed E-state index contributed by atoms with van der Waals surface area (Å²) in [6, 6.07) is 20.3. The number of aryl methyl sites for hydroxylation is 3. The van der Waals surface area contributed by atoms with E-state index >= 15 is 0 Å². The molecule has 7 rings (SSSR count). The average molecular weight is 489 g/mol. The number of fused-ring (bicyclic) bond motifs is 7. The van der Waals surface area contributed by atoms with Crippen molar-refractivity contribution in [2.45, 2.75) is 72.6 Å². The average Bonchev–Trinajstić information content (AvgIpc) is 3.41. The topological polar surface area (TPSA) is 15.7 Å². The molecular formula is C34H36N2O. The van der Waals surface area contributed by atoms with Gasteiger partial charge in [0, 0.05) is 29.9 Å². The smallest absolute Gasteiger partial charge is 0.128 e. The summed E-state index contributed by atoms with van der Waals surface area (Å²) in [4.78, 5) is 5.19. The molecule has 4 aromatic rings. The van der Waals surface area contributed by atoms with Gasteiger partial charge in [0.1, 0.15) is 5.75 Å². The third-order valence-corrected chi connectivity index (χ3v) is 9.02. The second-order valence-electron chi connectivity index (χ2n) is 11.4. The van der Waals surface area contributed by atoms with Crippen molar-refractivity contribution in [1.82, 2.24) is 0 Å². The van der Waals surface area contributed by atoms with E-state index in [0.717, 1.165) is 25.5 Å². The first-order chi connectivity index (χ1) is 18.0. The number of hydrogen-bond acceptors (Lipinski definition) is 3. The molecule has 3 heteroatoms. The molecule has 2 aliphatic heterocycles. The summed E-state index contributed by atoms with van der Waals surface area (Å²) in [6.07, 6.45) is 5.24. The standard InChI is InChI=1S/C34H36N2O/c1-21-15-16-22(2)33-29(21)18-35-20-36(33)19-30-24(4)28(17-23(3)34(30)35)27-13-7-9-25-10-8-14-31(32(25)27)37-26-11-5-6-12-26/h7-10,13-17,26H,5-6,11-12,18-20H2,1-4H3. The Labute approximate surface area is 220 Å². The maximum absolute atomic E-state index is 6.64. The number of nitrogens with zero attached hydrogens (tertiary/aromatic N) is 2. The number of rotatable bonds is 3. The van der Waals surface area contributed by atoms with Crippen LogP contribution in [0.3, 0.4) is 0 Å². The van der Waals surface area contributed by atoms with Crippen molar-refractivity contribution in [2.75, 3.05) is 16.5 Å². The number of ether oxygens (including phenoxy) is 1. The van der Waals surface area contributed by atoms with E-state index in [0.29, 0.717) is 6.10 Å². The lowest BCUT2D eigenvalue weighted by atomic mass is 9.87. The van der Waals surface area contributed by atoms with E-state index in [1.165, 1.54) is 92.3 Å². The molecule has 0 aromatic heterocycles.